The maximum atomic E-state index is 10.3. The smallest absolute Gasteiger partial charge is 0.208 e. The third-order valence-electron chi connectivity index (χ3n) is 3.24. The molecule has 2 heterocycles. The van der Waals surface area contributed by atoms with Crippen LogP contribution in [0.15, 0.2) is 24.5 Å². The van der Waals surface area contributed by atoms with E-state index in [0.717, 1.165) is 5.56 Å². The van der Waals surface area contributed by atoms with Crippen LogP contribution in [0.3, 0.4) is 0 Å². The second kappa shape index (κ2) is 3.78. The summed E-state index contributed by atoms with van der Waals surface area (Å²) >= 11 is 0. The number of aliphatic hydroxyl groups is 3. The van der Waals surface area contributed by atoms with Gasteiger partial charge in [-0.05, 0) is 18.7 Å². The molecule has 1 atom stereocenters. The van der Waals surface area contributed by atoms with Gasteiger partial charge < -0.3 is 15.3 Å². The molecule has 5 nitrogen and oxygen atoms in total. The maximum Gasteiger partial charge on any atom is 0.208 e. The summed E-state index contributed by atoms with van der Waals surface area (Å²) in [7, 11) is 1.67. The van der Waals surface area contributed by atoms with Gasteiger partial charge in [-0.1, -0.05) is 6.07 Å². The molecule has 1 fully saturated rings. The molecule has 1 aromatic rings. The molecule has 2 rings (SSSR count). The molecule has 1 aromatic heterocycles. The molecule has 0 saturated carbocycles. The van der Waals surface area contributed by atoms with Crippen LogP contribution < -0.4 is 0 Å². The van der Waals surface area contributed by atoms with Crippen molar-refractivity contribution in [3.05, 3.63) is 30.1 Å². The highest BCUT2D eigenvalue weighted by Crippen LogP contribution is 2.35. The fourth-order valence-electron chi connectivity index (χ4n) is 2.08. The topological polar surface area (TPSA) is 76.8 Å². The Balaban J connectivity index is 2.25. The third kappa shape index (κ3) is 1.72. The highest BCUT2D eigenvalue weighted by molar-refractivity contribution is 5.14. The molecule has 1 aliphatic rings. The molecule has 0 aliphatic carbocycles. The number of rotatable bonds is 2. The second-order valence-corrected chi connectivity index (χ2v) is 4.34. The lowest BCUT2D eigenvalue weighted by Gasteiger charge is -2.37. The summed E-state index contributed by atoms with van der Waals surface area (Å²) in [5.41, 5.74) is -0.873. The Morgan fingerprint density at radius 2 is 2.19 bits per heavy atom. The lowest BCUT2D eigenvalue weighted by atomic mass is 9.96. The van der Waals surface area contributed by atoms with Gasteiger partial charge in [0.05, 0.1) is 0 Å². The van der Waals surface area contributed by atoms with Gasteiger partial charge >= 0.3 is 0 Å². The molecule has 1 saturated heterocycles. The van der Waals surface area contributed by atoms with Crippen molar-refractivity contribution in [2.45, 2.75) is 24.4 Å². The highest BCUT2D eigenvalue weighted by atomic mass is 16.5. The van der Waals surface area contributed by atoms with Gasteiger partial charge in [-0.15, -0.1) is 0 Å². The number of pyridine rings is 1. The highest BCUT2D eigenvalue weighted by Gasteiger charge is 2.55. The fourth-order valence-corrected chi connectivity index (χ4v) is 2.08. The molecule has 16 heavy (non-hydrogen) atoms. The van der Waals surface area contributed by atoms with Gasteiger partial charge in [0.1, 0.15) is 0 Å². The fraction of sp³-hybridized carbons (Fsp3) is 0.545. The molecule has 0 amide bonds. The predicted molar refractivity (Wildman–Crippen MR) is 57.3 cm³/mol. The van der Waals surface area contributed by atoms with Crippen LogP contribution in [0.1, 0.15) is 12.0 Å². The summed E-state index contributed by atoms with van der Waals surface area (Å²) in [6, 6.07) is 3.55. The van der Waals surface area contributed by atoms with E-state index in [1.54, 1.807) is 36.5 Å². The molecule has 0 spiro atoms. The molecule has 1 unspecified atom stereocenters. The first-order chi connectivity index (χ1) is 7.46. The zero-order valence-electron chi connectivity index (χ0n) is 9.17. The van der Waals surface area contributed by atoms with Gasteiger partial charge in [0.15, 0.2) is 5.72 Å². The molecular formula is C11H16N2O3. The molecule has 88 valence electrons. The minimum absolute atomic E-state index is 0.139. The summed E-state index contributed by atoms with van der Waals surface area (Å²) in [6.45, 7) is 0.448. The van der Waals surface area contributed by atoms with Crippen LogP contribution in [-0.2, 0) is 6.42 Å². The van der Waals surface area contributed by atoms with Crippen LogP contribution in [0, 0.1) is 0 Å². The van der Waals surface area contributed by atoms with Crippen molar-refractivity contribution in [1.82, 2.24) is 9.88 Å². The van der Waals surface area contributed by atoms with Gasteiger partial charge in [0.2, 0.25) is 5.79 Å². The largest absolute Gasteiger partial charge is 0.370 e. The lowest BCUT2D eigenvalue weighted by Crippen LogP contribution is -2.58. The minimum Gasteiger partial charge on any atom is -0.370 e. The average Bonchev–Trinajstić information content (AvgIpc) is 2.44. The number of nitrogens with zero attached hydrogens (tertiary/aromatic N) is 2. The number of likely N-dealkylation sites (N-methyl/N-ethyl adjacent to an activating group) is 1. The van der Waals surface area contributed by atoms with E-state index in [1.165, 1.54) is 0 Å². The maximum absolute atomic E-state index is 10.3. The van der Waals surface area contributed by atoms with Crippen molar-refractivity contribution < 1.29 is 15.3 Å². The summed E-state index contributed by atoms with van der Waals surface area (Å²) in [5.74, 6) is -2.07. The SMILES string of the molecule is CN1CCC(O)(O)C1(O)Cc1cccnc1. The van der Waals surface area contributed by atoms with Crippen LogP contribution in [-0.4, -0.2) is 50.3 Å². The van der Waals surface area contributed by atoms with E-state index in [9.17, 15) is 15.3 Å². The van der Waals surface area contributed by atoms with Crippen molar-refractivity contribution in [2.24, 2.45) is 0 Å². The lowest BCUT2D eigenvalue weighted by molar-refractivity contribution is -0.289. The molecule has 1 aliphatic heterocycles. The Morgan fingerprint density at radius 3 is 2.69 bits per heavy atom. The quantitative estimate of drug-likeness (QED) is 0.581. The Kier molecular flexibility index (Phi) is 2.71. The van der Waals surface area contributed by atoms with Crippen LogP contribution in [0.25, 0.3) is 0 Å². The number of likely N-dealkylation sites (tertiary alicyclic amines) is 1. The number of aromatic nitrogens is 1. The van der Waals surface area contributed by atoms with Gasteiger partial charge in [-0.2, -0.15) is 0 Å². The van der Waals surface area contributed by atoms with Crippen LogP contribution in [0.2, 0.25) is 0 Å². The standard InChI is InChI=1S/C11H16N2O3/c1-13-6-4-11(15,16)10(13,14)7-9-3-2-5-12-8-9/h2-3,5,8,14-16H,4,6-7H2,1H3. The third-order valence-corrected chi connectivity index (χ3v) is 3.24. The van der Waals surface area contributed by atoms with Crippen molar-refractivity contribution in [3.63, 3.8) is 0 Å². The van der Waals surface area contributed by atoms with Crippen molar-refractivity contribution in [3.8, 4) is 0 Å². The van der Waals surface area contributed by atoms with E-state index in [2.05, 4.69) is 4.98 Å². The molecule has 0 aromatic carbocycles. The first kappa shape index (κ1) is 11.5. The summed E-state index contributed by atoms with van der Waals surface area (Å²) in [4.78, 5) is 5.49. The first-order valence-corrected chi connectivity index (χ1v) is 5.23. The normalized spacial score (nSPS) is 29.5. The Bertz CT molecular complexity index is 369. The molecular weight excluding hydrogens is 208 g/mol. The van der Waals surface area contributed by atoms with E-state index in [1.807, 2.05) is 0 Å². The van der Waals surface area contributed by atoms with E-state index < -0.39 is 11.5 Å². The summed E-state index contributed by atoms with van der Waals surface area (Å²) in [6.07, 6.45) is 3.53. The Hall–Kier alpha value is -1.01. The van der Waals surface area contributed by atoms with Gasteiger partial charge in [-0.25, -0.2) is 0 Å². The first-order valence-electron chi connectivity index (χ1n) is 5.23. The summed E-state index contributed by atoms with van der Waals surface area (Å²) in [5, 5.41) is 29.9. The zero-order valence-corrected chi connectivity index (χ0v) is 9.17. The monoisotopic (exact) mass is 224 g/mol. The van der Waals surface area contributed by atoms with E-state index in [-0.39, 0.29) is 12.8 Å². The zero-order chi connectivity index (χ0) is 11.8. The van der Waals surface area contributed by atoms with E-state index >= 15 is 0 Å². The molecule has 5 heteroatoms. The van der Waals surface area contributed by atoms with Crippen molar-refractivity contribution >= 4 is 0 Å². The molecule has 0 bridgehead atoms. The van der Waals surface area contributed by atoms with Gasteiger partial charge in [-0.3, -0.25) is 9.88 Å². The number of hydrogen-bond acceptors (Lipinski definition) is 5. The van der Waals surface area contributed by atoms with E-state index in [0.29, 0.717) is 6.54 Å². The van der Waals surface area contributed by atoms with E-state index in [4.69, 9.17) is 0 Å². The van der Waals surface area contributed by atoms with Crippen LogP contribution in [0.5, 0.6) is 0 Å². The Labute approximate surface area is 94.0 Å². The van der Waals surface area contributed by atoms with Gasteiger partial charge in [0.25, 0.3) is 0 Å². The van der Waals surface area contributed by atoms with Crippen molar-refractivity contribution in [1.29, 1.82) is 0 Å². The van der Waals surface area contributed by atoms with Crippen LogP contribution in [0.4, 0.5) is 0 Å². The second-order valence-electron chi connectivity index (χ2n) is 4.34. The number of hydrogen-bond donors (Lipinski definition) is 3. The predicted octanol–water partition coefficient (Wildman–Crippen LogP) is -0.671. The minimum atomic E-state index is -2.07. The van der Waals surface area contributed by atoms with Gasteiger partial charge in [0, 0.05) is 31.8 Å². The molecule has 0 radical (unpaired) electrons. The van der Waals surface area contributed by atoms with Crippen molar-refractivity contribution in [2.75, 3.05) is 13.6 Å². The van der Waals surface area contributed by atoms with Crippen LogP contribution >= 0.6 is 0 Å². The summed E-state index contributed by atoms with van der Waals surface area (Å²) < 4.78 is 0. The Morgan fingerprint density at radius 1 is 1.44 bits per heavy atom. The molecule has 3 N–H and O–H groups in total. The average molecular weight is 224 g/mol.